The average Bonchev–Trinajstić information content (AvgIpc) is 2.27. The Morgan fingerprint density at radius 2 is 1.81 bits per heavy atom. The van der Waals surface area contributed by atoms with Crippen LogP contribution in [0.5, 0.6) is 0 Å². The average molecular weight is 226 g/mol. The van der Waals surface area contributed by atoms with Gasteiger partial charge in [0.1, 0.15) is 0 Å². The number of cyclic esters (lactones) is 2. The molecule has 0 aromatic rings. The molecule has 0 N–H and O–H groups in total. The molecule has 1 rings (SSSR count). The van der Waals surface area contributed by atoms with E-state index in [4.69, 9.17) is 9.47 Å². The Morgan fingerprint density at radius 3 is 2.50 bits per heavy atom. The van der Waals surface area contributed by atoms with Crippen LogP contribution in [0.25, 0.3) is 0 Å². The van der Waals surface area contributed by atoms with Crippen molar-refractivity contribution in [1.82, 2.24) is 0 Å². The molecule has 1 atom stereocenters. The van der Waals surface area contributed by atoms with E-state index >= 15 is 0 Å². The smallest absolute Gasteiger partial charge is 0.312 e. The van der Waals surface area contributed by atoms with Gasteiger partial charge >= 0.3 is 11.9 Å². The lowest BCUT2D eigenvalue weighted by atomic mass is 10.0. The number of ether oxygens (including phenoxy) is 2. The van der Waals surface area contributed by atoms with Crippen molar-refractivity contribution in [2.24, 2.45) is 5.92 Å². The predicted octanol–water partition coefficient (Wildman–Crippen LogP) is 1.84. The van der Waals surface area contributed by atoms with Gasteiger partial charge in [-0.3, -0.25) is 9.59 Å². The summed E-state index contributed by atoms with van der Waals surface area (Å²) in [6.07, 6.45) is 4.62. The number of carbonyl (C=O) groups excluding carboxylic acids is 2. The molecule has 4 heteroatoms. The zero-order chi connectivity index (χ0) is 11.8. The van der Waals surface area contributed by atoms with Crippen molar-refractivity contribution in [3.63, 3.8) is 0 Å². The minimum atomic E-state index is -0.299. The standard InChI is InChI=1S/C12H18O4/c1-2-10-6-5-7-11(13)15-8-3-4-9-16-12(10)14/h2,10H,1,3-9H2. The summed E-state index contributed by atoms with van der Waals surface area (Å²) in [5.41, 5.74) is 0. The van der Waals surface area contributed by atoms with E-state index in [1.54, 1.807) is 6.08 Å². The zero-order valence-corrected chi connectivity index (χ0v) is 9.44. The highest BCUT2D eigenvalue weighted by Gasteiger charge is 2.17. The normalized spacial score (nSPS) is 24.6. The Labute approximate surface area is 95.6 Å². The molecule has 0 aromatic carbocycles. The Morgan fingerprint density at radius 1 is 1.12 bits per heavy atom. The van der Waals surface area contributed by atoms with E-state index in [1.165, 1.54) is 0 Å². The van der Waals surface area contributed by atoms with Crippen molar-refractivity contribution in [3.8, 4) is 0 Å². The minimum Gasteiger partial charge on any atom is -0.466 e. The van der Waals surface area contributed by atoms with Gasteiger partial charge in [0.25, 0.3) is 0 Å². The van der Waals surface area contributed by atoms with Crippen molar-refractivity contribution < 1.29 is 19.1 Å². The topological polar surface area (TPSA) is 52.6 Å². The van der Waals surface area contributed by atoms with E-state index in [0.717, 1.165) is 12.8 Å². The van der Waals surface area contributed by atoms with Gasteiger partial charge in [-0.1, -0.05) is 6.08 Å². The molecule has 0 aromatic heterocycles. The molecule has 90 valence electrons. The first-order valence-corrected chi connectivity index (χ1v) is 5.69. The Hall–Kier alpha value is -1.32. The van der Waals surface area contributed by atoms with Gasteiger partial charge in [0.15, 0.2) is 0 Å². The first-order chi connectivity index (χ1) is 7.74. The van der Waals surface area contributed by atoms with E-state index < -0.39 is 0 Å². The van der Waals surface area contributed by atoms with E-state index in [-0.39, 0.29) is 17.9 Å². The first kappa shape index (κ1) is 12.7. The van der Waals surface area contributed by atoms with Crippen molar-refractivity contribution in [3.05, 3.63) is 12.7 Å². The predicted molar refractivity (Wildman–Crippen MR) is 58.7 cm³/mol. The van der Waals surface area contributed by atoms with Gasteiger partial charge in [-0.05, 0) is 25.7 Å². The van der Waals surface area contributed by atoms with Crippen LogP contribution in [-0.2, 0) is 19.1 Å². The maximum atomic E-state index is 11.5. The van der Waals surface area contributed by atoms with E-state index in [9.17, 15) is 9.59 Å². The summed E-state index contributed by atoms with van der Waals surface area (Å²) in [5, 5.41) is 0. The summed E-state index contributed by atoms with van der Waals surface area (Å²) in [7, 11) is 0. The summed E-state index contributed by atoms with van der Waals surface area (Å²) >= 11 is 0. The molecule has 1 unspecified atom stereocenters. The molecule has 16 heavy (non-hydrogen) atoms. The van der Waals surface area contributed by atoms with Crippen LogP contribution >= 0.6 is 0 Å². The second kappa shape index (κ2) is 7.04. The van der Waals surface area contributed by atoms with Gasteiger partial charge in [0.2, 0.25) is 0 Å². The van der Waals surface area contributed by atoms with E-state index in [2.05, 4.69) is 6.58 Å². The number of hydrogen-bond acceptors (Lipinski definition) is 4. The molecule has 0 spiro atoms. The maximum Gasteiger partial charge on any atom is 0.312 e. The molecule has 1 heterocycles. The monoisotopic (exact) mass is 226 g/mol. The van der Waals surface area contributed by atoms with E-state index in [1.807, 2.05) is 0 Å². The van der Waals surface area contributed by atoms with Gasteiger partial charge < -0.3 is 9.47 Å². The number of esters is 2. The van der Waals surface area contributed by atoms with Crippen molar-refractivity contribution >= 4 is 11.9 Å². The highest BCUT2D eigenvalue weighted by Crippen LogP contribution is 2.13. The molecule has 1 saturated heterocycles. The van der Waals surface area contributed by atoms with Crippen LogP contribution in [0, 0.1) is 5.92 Å². The highest BCUT2D eigenvalue weighted by atomic mass is 16.5. The third-order valence-electron chi connectivity index (χ3n) is 2.53. The van der Waals surface area contributed by atoms with Gasteiger partial charge in [-0.15, -0.1) is 6.58 Å². The number of hydrogen-bond donors (Lipinski definition) is 0. The van der Waals surface area contributed by atoms with Crippen LogP contribution in [0.3, 0.4) is 0 Å². The van der Waals surface area contributed by atoms with Gasteiger partial charge in [0, 0.05) is 6.42 Å². The van der Waals surface area contributed by atoms with Crippen LogP contribution < -0.4 is 0 Å². The second-order valence-corrected chi connectivity index (χ2v) is 3.83. The highest BCUT2D eigenvalue weighted by molar-refractivity contribution is 5.74. The maximum absolute atomic E-state index is 11.5. The third-order valence-corrected chi connectivity index (χ3v) is 2.53. The zero-order valence-electron chi connectivity index (χ0n) is 9.44. The summed E-state index contributed by atoms with van der Waals surface area (Å²) in [6.45, 7) is 4.41. The van der Waals surface area contributed by atoms with Crippen molar-refractivity contribution in [2.75, 3.05) is 13.2 Å². The summed E-state index contributed by atoms with van der Waals surface area (Å²) in [6, 6.07) is 0. The summed E-state index contributed by atoms with van der Waals surface area (Å²) in [4.78, 5) is 22.7. The van der Waals surface area contributed by atoms with Gasteiger partial charge in [0.05, 0.1) is 19.1 Å². The fourth-order valence-corrected chi connectivity index (χ4v) is 1.54. The summed E-state index contributed by atoms with van der Waals surface area (Å²) < 4.78 is 10.1. The molecule has 0 bridgehead atoms. The Bertz CT molecular complexity index is 260. The largest absolute Gasteiger partial charge is 0.466 e. The molecule has 0 aliphatic carbocycles. The van der Waals surface area contributed by atoms with Crippen LogP contribution in [0.2, 0.25) is 0 Å². The molecule has 1 aliphatic heterocycles. The minimum absolute atomic E-state index is 0.184. The lowest BCUT2D eigenvalue weighted by molar-refractivity contribution is -0.149. The fraction of sp³-hybridized carbons (Fsp3) is 0.667. The molecule has 1 fully saturated rings. The molecular formula is C12H18O4. The molecule has 0 radical (unpaired) electrons. The van der Waals surface area contributed by atoms with Crippen molar-refractivity contribution in [1.29, 1.82) is 0 Å². The second-order valence-electron chi connectivity index (χ2n) is 3.83. The Kier molecular flexibility index (Phi) is 5.61. The number of carbonyl (C=O) groups is 2. The fourth-order valence-electron chi connectivity index (χ4n) is 1.54. The van der Waals surface area contributed by atoms with Crippen LogP contribution in [-0.4, -0.2) is 25.2 Å². The van der Waals surface area contributed by atoms with Crippen LogP contribution in [0.1, 0.15) is 32.1 Å². The first-order valence-electron chi connectivity index (χ1n) is 5.69. The number of rotatable bonds is 1. The third kappa shape index (κ3) is 4.47. The summed E-state index contributed by atoms with van der Waals surface area (Å²) in [5.74, 6) is -0.715. The lowest BCUT2D eigenvalue weighted by Crippen LogP contribution is -2.18. The van der Waals surface area contributed by atoms with Crippen molar-refractivity contribution in [2.45, 2.75) is 32.1 Å². The van der Waals surface area contributed by atoms with E-state index in [0.29, 0.717) is 32.5 Å². The Balaban J connectivity index is 2.47. The molecular weight excluding hydrogens is 208 g/mol. The van der Waals surface area contributed by atoms with Gasteiger partial charge in [-0.25, -0.2) is 0 Å². The molecule has 0 saturated carbocycles. The molecule has 0 amide bonds. The lowest BCUT2D eigenvalue weighted by Gasteiger charge is -2.13. The van der Waals surface area contributed by atoms with Crippen LogP contribution in [0.15, 0.2) is 12.7 Å². The molecule has 4 nitrogen and oxygen atoms in total. The molecule has 1 aliphatic rings. The SMILES string of the molecule is C=CC1CCCC(=O)OCCCCOC1=O. The van der Waals surface area contributed by atoms with Crippen LogP contribution in [0.4, 0.5) is 0 Å². The van der Waals surface area contributed by atoms with Gasteiger partial charge in [-0.2, -0.15) is 0 Å². The quantitative estimate of drug-likeness (QED) is 0.505.